The number of rotatable bonds is 5. The highest BCUT2D eigenvalue weighted by atomic mass is 16.3. The molecule has 4 heteroatoms. The molecule has 31 heavy (non-hydrogen) atoms. The lowest BCUT2D eigenvalue weighted by Gasteiger charge is -2.50. The minimum Gasteiger partial charge on any atom is -0.397 e. The van der Waals surface area contributed by atoms with Crippen molar-refractivity contribution in [3.8, 4) is 0 Å². The molecule has 2 aromatic carbocycles. The number of benzene rings is 2. The van der Waals surface area contributed by atoms with Gasteiger partial charge in [0, 0.05) is 5.56 Å². The third kappa shape index (κ3) is 4.10. The Hall–Kier alpha value is -2.33. The molecule has 0 radical (unpaired) electrons. The number of anilines is 2. The third-order valence-electron chi connectivity index (χ3n) is 7.90. The summed E-state index contributed by atoms with van der Waals surface area (Å²) in [5.41, 5.74) is 10.2. The van der Waals surface area contributed by atoms with Gasteiger partial charge in [-0.15, -0.1) is 0 Å². The van der Waals surface area contributed by atoms with Crippen molar-refractivity contribution < 1.29 is 9.90 Å². The maximum absolute atomic E-state index is 12.9. The van der Waals surface area contributed by atoms with Gasteiger partial charge in [0.2, 0.25) is 0 Å². The van der Waals surface area contributed by atoms with Gasteiger partial charge in [-0.25, -0.2) is 0 Å². The van der Waals surface area contributed by atoms with Crippen LogP contribution in [0.1, 0.15) is 86.7 Å². The summed E-state index contributed by atoms with van der Waals surface area (Å²) in [5.74, 6) is 0.390. The van der Waals surface area contributed by atoms with Crippen molar-refractivity contribution in [1.29, 1.82) is 0 Å². The van der Waals surface area contributed by atoms with Crippen LogP contribution in [-0.2, 0) is 11.8 Å². The average Bonchev–Trinajstić information content (AvgIpc) is 2.91. The summed E-state index contributed by atoms with van der Waals surface area (Å²) >= 11 is 0. The van der Waals surface area contributed by atoms with Crippen LogP contribution in [0.3, 0.4) is 0 Å². The van der Waals surface area contributed by atoms with E-state index in [1.807, 2.05) is 24.3 Å². The van der Waals surface area contributed by atoms with E-state index in [1.165, 1.54) is 11.1 Å². The maximum Gasteiger partial charge on any atom is 0.255 e. The fourth-order valence-electron chi connectivity index (χ4n) is 6.27. The Morgan fingerprint density at radius 1 is 1.19 bits per heavy atom. The predicted molar refractivity (Wildman–Crippen MR) is 127 cm³/mol. The number of para-hydroxylation sites is 2. The number of carbonyl (C=O) groups excluding carboxylic acids is 1. The predicted octanol–water partition coefficient (Wildman–Crippen LogP) is 5.84. The van der Waals surface area contributed by atoms with Crippen LogP contribution >= 0.6 is 0 Å². The molecule has 4 rings (SSSR count). The van der Waals surface area contributed by atoms with Crippen LogP contribution in [0.25, 0.3) is 0 Å². The van der Waals surface area contributed by atoms with Gasteiger partial charge in [0.25, 0.3) is 5.91 Å². The van der Waals surface area contributed by atoms with E-state index >= 15 is 0 Å². The number of carbonyl (C=O) groups is 1. The molecule has 4 N–H and O–H groups in total. The SMILES string of the molecule is CCCC1(O)CCC2(CC)c3ccc(C(=O)Nc4ccccc4N)cc3CCCC2C1. The Bertz CT molecular complexity index is 956. The summed E-state index contributed by atoms with van der Waals surface area (Å²) in [7, 11) is 0. The zero-order chi connectivity index (χ0) is 22.1. The van der Waals surface area contributed by atoms with Crippen LogP contribution in [0.4, 0.5) is 11.4 Å². The number of amides is 1. The first-order chi connectivity index (χ1) is 14.9. The summed E-state index contributed by atoms with van der Waals surface area (Å²) in [6.45, 7) is 4.46. The minimum atomic E-state index is -0.502. The molecule has 2 aromatic rings. The van der Waals surface area contributed by atoms with Crippen molar-refractivity contribution in [2.75, 3.05) is 11.1 Å². The minimum absolute atomic E-state index is 0.116. The molecule has 2 aliphatic rings. The van der Waals surface area contributed by atoms with Gasteiger partial charge in [0.15, 0.2) is 0 Å². The number of hydrogen-bond acceptors (Lipinski definition) is 3. The molecule has 0 aliphatic heterocycles. The molecule has 3 unspecified atom stereocenters. The maximum atomic E-state index is 12.9. The van der Waals surface area contributed by atoms with E-state index < -0.39 is 5.60 Å². The normalized spacial score (nSPS) is 27.6. The summed E-state index contributed by atoms with van der Waals surface area (Å²) in [5, 5.41) is 14.1. The van der Waals surface area contributed by atoms with E-state index in [9.17, 15) is 9.90 Å². The number of aliphatic hydroxyl groups is 1. The van der Waals surface area contributed by atoms with E-state index in [4.69, 9.17) is 5.73 Å². The number of hydrogen-bond donors (Lipinski definition) is 3. The van der Waals surface area contributed by atoms with E-state index in [0.29, 0.717) is 22.9 Å². The smallest absolute Gasteiger partial charge is 0.255 e. The van der Waals surface area contributed by atoms with Crippen LogP contribution in [-0.4, -0.2) is 16.6 Å². The van der Waals surface area contributed by atoms with Gasteiger partial charge >= 0.3 is 0 Å². The van der Waals surface area contributed by atoms with Crippen LogP contribution in [0.2, 0.25) is 0 Å². The second-order valence-electron chi connectivity index (χ2n) is 9.69. The molecule has 0 bridgehead atoms. The lowest BCUT2D eigenvalue weighted by Crippen LogP contribution is -2.47. The second-order valence-corrected chi connectivity index (χ2v) is 9.69. The first kappa shape index (κ1) is 21.9. The molecule has 2 aliphatic carbocycles. The lowest BCUT2D eigenvalue weighted by molar-refractivity contribution is -0.0542. The van der Waals surface area contributed by atoms with Gasteiger partial charge in [0.1, 0.15) is 0 Å². The number of nitrogens with two attached hydrogens (primary N) is 1. The zero-order valence-corrected chi connectivity index (χ0v) is 18.9. The molecule has 4 nitrogen and oxygen atoms in total. The largest absolute Gasteiger partial charge is 0.397 e. The van der Waals surface area contributed by atoms with E-state index in [-0.39, 0.29) is 11.3 Å². The second kappa shape index (κ2) is 8.66. The molecule has 1 amide bonds. The van der Waals surface area contributed by atoms with E-state index in [1.54, 1.807) is 6.07 Å². The van der Waals surface area contributed by atoms with Crippen molar-refractivity contribution in [1.82, 2.24) is 0 Å². The average molecular weight is 421 g/mol. The molecule has 0 spiro atoms. The standard InChI is InChI=1S/C27H36N2O2/c1-3-14-26(31)15-16-27(4-2)21(18-26)9-7-8-19-17-20(12-13-22(19)27)25(30)29-24-11-6-5-10-23(24)28/h5-6,10-13,17,21,31H,3-4,7-9,14-16,18,28H2,1-2H3,(H,29,30). The number of nitrogen functional groups attached to an aromatic ring is 1. The molecule has 166 valence electrons. The molecule has 0 aromatic heterocycles. The van der Waals surface area contributed by atoms with Crippen molar-refractivity contribution in [2.45, 2.75) is 82.7 Å². The summed E-state index contributed by atoms with van der Waals surface area (Å²) in [6.07, 6.45) is 9.08. The Balaban J connectivity index is 1.63. The van der Waals surface area contributed by atoms with Crippen molar-refractivity contribution >= 4 is 17.3 Å². The van der Waals surface area contributed by atoms with Crippen LogP contribution in [0, 0.1) is 5.92 Å². The van der Waals surface area contributed by atoms with Gasteiger partial charge in [-0.2, -0.15) is 0 Å². The van der Waals surface area contributed by atoms with Crippen molar-refractivity contribution in [3.63, 3.8) is 0 Å². The van der Waals surface area contributed by atoms with E-state index in [2.05, 4.69) is 31.3 Å². The molecular weight excluding hydrogens is 384 g/mol. The number of nitrogens with one attached hydrogen (secondary N) is 1. The third-order valence-corrected chi connectivity index (χ3v) is 7.90. The fourth-order valence-corrected chi connectivity index (χ4v) is 6.27. The molecule has 0 saturated heterocycles. The first-order valence-electron chi connectivity index (χ1n) is 11.9. The lowest BCUT2D eigenvalue weighted by atomic mass is 9.56. The van der Waals surface area contributed by atoms with Gasteiger partial charge < -0.3 is 16.2 Å². The summed E-state index contributed by atoms with van der Waals surface area (Å²) in [6, 6.07) is 13.6. The Kier molecular flexibility index (Phi) is 6.11. The topological polar surface area (TPSA) is 75.3 Å². The highest BCUT2D eigenvalue weighted by Gasteiger charge is 2.49. The molecule has 1 fully saturated rings. The zero-order valence-electron chi connectivity index (χ0n) is 18.9. The van der Waals surface area contributed by atoms with Gasteiger partial charge in [-0.05, 0) is 98.1 Å². The first-order valence-corrected chi connectivity index (χ1v) is 11.9. The monoisotopic (exact) mass is 420 g/mol. The molecular formula is C27H36N2O2. The Morgan fingerprint density at radius 3 is 2.74 bits per heavy atom. The number of aryl methyl sites for hydroxylation is 1. The fraction of sp³-hybridized carbons (Fsp3) is 0.519. The molecule has 1 saturated carbocycles. The highest BCUT2D eigenvalue weighted by Crippen LogP contribution is 2.54. The summed E-state index contributed by atoms with van der Waals surface area (Å²) < 4.78 is 0. The molecule has 3 atom stereocenters. The summed E-state index contributed by atoms with van der Waals surface area (Å²) in [4.78, 5) is 12.9. The Labute approximate surface area is 186 Å². The van der Waals surface area contributed by atoms with Gasteiger partial charge in [0.05, 0.1) is 17.0 Å². The highest BCUT2D eigenvalue weighted by molar-refractivity contribution is 6.05. The van der Waals surface area contributed by atoms with Crippen LogP contribution in [0.5, 0.6) is 0 Å². The number of fused-ring (bicyclic) bond motifs is 3. The van der Waals surface area contributed by atoms with Gasteiger partial charge in [-0.1, -0.05) is 38.5 Å². The molecule has 0 heterocycles. The van der Waals surface area contributed by atoms with Crippen LogP contribution < -0.4 is 11.1 Å². The Morgan fingerprint density at radius 2 is 2.00 bits per heavy atom. The van der Waals surface area contributed by atoms with Crippen molar-refractivity contribution in [3.05, 3.63) is 59.2 Å². The van der Waals surface area contributed by atoms with E-state index in [0.717, 1.165) is 57.8 Å². The van der Waals surface area contributed by atoms with Crippen molar-refractivity contribution in [2.24, 2.45) is 5.92 Å². The van der Waals surface area contributed by atoms with Gasteiger partial charge in [-0.3, -0.25) is 4.79 Å². The quantitative estimate of drug-likeness (QED) is 0.532. The van der Waals surface area contributed by atoms with Crippen LogP contribution in [0.15, 0.2) is 42.5 Å².